The van der Waals surface area contributed by atoms with Crippen LogP contribution in [-0.4, -0.2) is 32.6 Å². The fourth-order valence-electron chi connectivity index (χ4n) is 3.00. The fourth-order valence-corrected chi connectivity index (χ4v) is 3.00. The van der Waals surface area contributed by atoms with Crippen molar-refractivity contribution in [1.82, 2.24) is 19.5 Å². The fraction of sp³-hybridized carbons (Fsp3) is 0.211. The van der Waals surface area contributed by atoms with Crippen molar-refractivity contribution in [1.29, 1.82) is 0 Å². The lowest BCUT2D eigenvalue weighted by atomic mass is 10.0. The van der Waals surface area contributed by atoms with Gasteiger partial charge in [-0.2, -0.15) is 0 Å². The Morgan fingerprint density at radius 2 is 1.75 bits per heavy atom. The van der Waals surface area contributed by atoms with E-state index in [4.69, 9.17) is 0 Å². The smallest absolute Gasteiger partial charge is 0.143 e. The van der Waals surface area contributed by atoms with Crippen molar-refractivity contribution in [3.05, 3.63) is 72.6 Å². The molecule has 120 valence electrons. The van der Waals surface area contributed by atoms with Gasteiger partial charge in [-0.15, -0.1) is 0 Å². The highest BCUT2D eigenvalue weighted by atomic mass is 15.2. The van der Waals surface area contributed by atoms with Gasteiger partial charge in [0.15, 0.2) is 0 Å². The zero-order chi connectivity index (χ0) is 16.2. The second kappa shape index (κ2) is 6.66. The molecule has 0 spiro atoms. The summed E-state index contributed by atoms with van der Waals surface area (Å²) in [6.45, 7) is 1.97. The number of nitrogens with zero attached hydrogens (tertiary/aromatic N) is 5. The first kappa shape index (κ1) is 14.6. The number of hydrogen-bond donors (Lipinski definition) is 0. The molecule has 0 amide bonds. The highest BCUT2D eigenvalue weighted by Crippen LogP contribution is 2.23. The average Bonchev–Trinajstić information content (AvgIpc) is 3.18. The Balaban J connectivity index is 1.46. The first-order valence-corrected chi connectivity index (χ1v) is 8.18. The van der Waals surface area contributed by atoms with Crippen LogP contribution in [0.15, 0.2) is 67.0 Å². The molecule has 3 aromatic rings. The minimum absolute atomic E-state index is 0.850. The van der Waals surface area contributed by atoms with Crippen LogP contribution in [0.5, 0.6) is 0 Å². The summed E-state index contributed by atoms with van der Waals surface area (Å²) >= 11 is 0. The maximum atomic E-state index is 4.44. The highest BCUT2D eigenvalue weighted by molar-refractivity contribution is 5.54. The Morgan fingerprint density at radius 3 is 2.50 bits per heavy atom. The molecule has 0 saturated carbocycles. The average molecular weight is 317 g/mol. The minimum atomic E-state index is 0.850. The van der Waals surface area contributed by atoms with Crippen LogP contribution in [-0.2, 0) is 0 Å². The Bertz CT molecular complexity index is 814. The summed E-state index contributed by atoms with van der Waals surface area (Å²) in [5.74, 6) is 1.83. The predicted octanol–water partition coefficient (Wildman–Crippen LogP) is 3.35. The van der Waals surface area contributed by atoms with Crippen LogP contribution in [0.25, 0.3) is 11.9 Å². The van der Waals surface area contributed by atoms with E-state index in [2.05, 4.69) is 56.3 Å². The molecule has 1 aromatic carbocycles. The van der Waals surface area contributed by atoms with Gasteiger partial charge in [0.05, 0.1) is 0 Å². The molecular weight excluding hydrogens is 298 g/mol. The van der Waals surface area contributed by atoms with Gasteiger partial charge in [-0.25, -0.2) is 15.0 Å². The Hall–Kier alpha value is -2.95. The number of piperidine rings is 1. The van der Waals surface area contributed by atoms with E-state index < -0.39 is 0 Å². The summed E-state index contributed by atoms with van der Waals surface area (Å²) < 4.78 is 1.90. The molecule has 0 unspecified atom stereocenters. The summed E-state index contributed by atoms with van der Waals surface area (Å²) in [5.41, 5.74) is 2.78. The number of anilines is 1. The summed E-state index contributed by atoms with van der Waals surface area (Å²) in [4.78, 5) is 15.2. The molecule has 1 aliphatic heterocycles. The highest BCUT2D eigenvalue weighted by Gasteiger charge is 2.16. The monoisotopic (exact) mass is 317 g/mol. The Labute approximate surface area is 141 Å². The zero-order valence-corrected chi connectivity index (χ0v) is 13.4. The normalized spacial score (nSPS) is 14.7. The van der Waals surface area contributed by atoms with Gasteiger partial charge < -0.3 is 4.90 Å². The third-order valence-electron chi connectivity index (χ3n) is 4.31. The lowest BCUT2D eigenvalue weighted by Gasteiger charge is -2.29. The minimum Gasteiger partial charge on any atom is -0.356 e. The first-order chi connectivity index (χ1) is 11.9. The molecule has 3 heterocycles. The molecule has 0 bridgehead atoms. The van der Waals surface area contributed by atoms with E-state index in [1.165, 1.54) is 11.1 Å². The van der Waals surface area contributed by atoms with Gasteiger partial charge in [-0.1, -0.05) is 42.0 Å². The van der Waals surface area contributed by atoms with Crippen LogP contribution >= 0.6 is 0 Å². The van der Waals surface area contributed by atoms with Crippen molar-refractivity contribution < 1.29 is 0 Å². The molecule has 0 aliphatic carbocycles. The summed E-state index contributed by atoms with van der Waals surface area (Å²) in [5, 5.41) is 0. The first-order valence-electron chi connectivity index (χ1n) is 8.18. The lowest BCUT2D eigenvalue weighted by Crippen LogP contribution is -2.31. The van der Waals surface area contributed by atoms with Crippen LogP contribution in [0, 0.1) is 0 Å². The van der Waals surface area contributed by atoms with Crippen molar-refractivity contribution in [3.8, 4) is 5.82 Å². The van der Waals surface area contributed by atoms with Crippen molar-refractivity contribution in [3.63, 3.8) is 0 Å². The predicted molar refractivity (Wildman–Crippen MR) is 95.0 cm³/mol. The molecular formula is C19H19N5. The Morgan fingerprint density at radius 1 is 0.958 bits per heavy atom. The van der Waals surface area contributed by atoms with Gasteiger partial charge in [0.2, 0.25) is 0 Å². The number of rotatable bonds is 3. The SMILES string of the molecule is C(=C1CCN(c2cc(-n3ccnc3)ncn2)CC1)c1ccccc1. The number of aromatic nitrogens is 4. The summed E-state index contributed by atoms with van der Waals surface area (Å²) in [6.07, 6.45) is 11.5. The summed E-state index contributed by atoms with van der Waals surface area (Å²) in [6, 6.07) is 12.5. The number of imidazole rings is 1. The van der Waals surface area contributed by atoms with Crippen LogP contribution in [0.4, 0.5) is 5.82 Å². The van der Waals surface area contributed by atoms with Crippen LogP contribution in [0.2, 0.25) is 0 Å². The van der Waals surface area contributed by atoms with Gasteiger partial charge in [0, 0.05) is 31.5 Å². The maximum absolute atomic E-state index is 4.44. The molecule has 1 fully saturated rings. The maximum Gasteiger partial charge on any atom is 0.143 e. The molecule has 5 nitrogen and oxygen atoms in total. The van der Waals surface area contributed by atoms with Gasteiger partial charge in [-0.3, -0.25) is 4.57 Å². The van der Waals surface area contributed by atoms with Crippen molar-refractivity contribution in [2.75, 3.05) is 18.0 Å². The van der Waals surface area contributed by atoms with E-state index in [9.17, 15) is 0 Å². The van der Waals surface area contributed by atoms with Crippen molar-refractivity contribution in [2.24, 2.45) is 0 Å². The zero-order valence-electron chi connectivity index (χ0n) is 13.4. The van der Waals surface area contributed by atoms with Gasteiger partial charge in [-0.05, 0) is 18.4 Å². The molecule has 0 N–H and O–H groups in total. The van der Waals surface area contributed by atoms with Crippen molar-refractivity contribution >= 4 is 11.9 Å². The molecule has 1 aliphatic rings. The van der Waals surface area contributed by atoms with E-state index >= 15 is 0 Å². The van der Waals surface area contributed by atoms with E-state index in [1.54, 1.807) is 18.9 Å². The molecule has 0 atom stereocenters. The van der Waals surface area contributed by atoms with Crippen LogP contribution in [0.1, 0.15) is 18.4 Å². The van der Waals surface area contributed by atoms with E-state index in [0.29, 0.717) is 0 Å². The molecule has 4 rings (SSSR count). The van der Waals surface area contributed by atoms with E-state index in [1.807, 2.05) is 16.8 Å². The number of benzene rings is 1. The molecule has 5 heteroatoms. The topological polar surface area (TPSA) is 46.8 Å². The van der Waals surface area contributed by atoms with Gasteiger partial charge in [0.25, 0.3) is 0 Å². The van der Waals surface area contributed by atoms with Crippen LogP contribution < -0.4 is 4.90 Å². The largest absolute Gasteiger partial charge is 0.356 e. The van der Waals surface area contributed by atoms with E-state index in [-0.39, 0.29) is 0 Å². The molecule has 2 aromatic heterocycles. The van der Waals surface area contributed by atoms with Crippen LogP contribution in [0.3, 0.4) is 0 Å². The van der Waals surface area contributed by atoms with Gasteiger partial charge >= 0.3 is 0 Å². The third-order valence-corrected chi connectivity index (χ3v) is 4.31. The lowest BCUT2D eigenvalue weighted by molar-refractivity contribution is 0.679. The number of hydrogen-bond acceptors (Lipinski definition) is 4. The Kier molecular flexibility index (Phi) is 4.06. The standard InChI is InChI=1S/C19H19N5/c1-2-4-16(5-3-1)12-17-6-9-23(10-7-17)18-13-19(22-14-21-18)24-11-8-20-15-24/h1-5,8,11-15H,6-7,9-10H2. The second-order valence-corrected chi connectivity index (χ2v) is 5.90. The van der Waals surface area contributed by atoms with Crippen molar-refractivity contribution in [2.45, 2.75) is 12.8 Å². The van der Waals surface area contributed by atoms with E-state index in [0.717, 1.165) is 37.6 Å². The van der Waals surface area contributed by atoms with Gasteiger partial charge in [0.1, 0.15) is 24.3 Å². The quantitative estimate of drug-likeness (QED) is 0.743. The molecule has 24 heavy (non-hydrogen) atoms. The molecule has 1 saturated heterocycles. The third kappa shape index (κ3) is 3.20. The summed E-state index contributed by atoms with van der Waals surface area (Å²) in [7, 11) is 0. The molecule has 0 radical (unpaired) electrons. The second-order valence-electron chi connectivity index (χ2n) is 5.90.